The minimum atomic E-state index is -0.413. The highest BCUT2D eigenvalue weighted by Gasteiger charge is 2.20. The molecule has 3 N–H and O–H groups in total. The van der Waals surface area contributed by atoms with Crippen molar-refractivity contribution in [2.45, 2.75) is 19.4 Å². The number of nitrogens with one attached hydrogen (secondary N) is 1. The van der Waals surface area contributed by atoms with Gasteiger partial charge in [0.05, 0.1) is 7.11 Å². The Morgan fingerprint density at radius 1 is 1.62 bits per heavy atom. The third-order valence-corrected chi connectivity index (χ3v) is 2.18. The van der Waals surface area contributed by atoms with Crippen molar-refractivity contribution in [3.63, 3.8) is 0 Å². The minimum absolute atomic E-state index is 0.322. The van der Waals surface area contributed by atoms with Crippen molar-refractivity contribution in [3.05, 3.63) is 23.9 Å². The average molecular weight is 223 g/mol. The molecule has 0 amide bonds. The van der Waals surface area contributed by atoms with Crippen LogP contribution in [0.5, 0.6) is 0 Å². The lowest BCUT2D eigenvalue weighted by Gasteiger charge is -2.25. The first-order valence-electron chi connectivity index (χ1n) is 5.02. The van der Waals surface area contributed by atoms with Gasteiger partial charge in [-0.15, -0.1) is 0 Å². The molecule has 0 spiro atoms. The fourth-order valence-corrected chi connectivity index (χ4v) is 1.15. The SMILES string of the molecule is COC(=O)c1cccnc1NC(C)(C)CN. The van der Waals surface area contributed by atoms with Crippen LogP contribution in [0.15, 0.2) is 18.3 Å². The number of carbonyl (C=O) groups excluding carboxylic acids is 1. The van der Waals surface area contributed by atoms with E-state index in [1.807, 2.05) is 13.8 Å². The number of carbonyl (C=O) groups is 1. The summed E-state index contributed by atoms with van der Waals surface area (Å²) in [6.07, 6.45) is 1.61. The van der Waals surface area contributed by atoms with Crippen molar-refractivity contribution < 1.29 is 9.53 Å². The number of hydrogen-bond acceptors (Lipinski definition) is 5. The molecule has 1 aromatic rings. The lowest BCUT2D eigenvalue weighted by molar-refractivity contribution is 0.0601. The summed E-state index contributed by atoms with van der Waals surface area (Å²) >= 11 is 0. The number of rotatable bonds is 4. The number of aromatic nitrogens is 1. The van der Waals surface area contributed by atoms with Crippen LogP contribution in [0, 0.1) is 0 Å². The first-order chi connectivity index (χ1) is 7.50. The molecule has 0 aliphatic rings. The summed E-state index contributed by atoms with van der Waals surface area (Å²) in [4.78, 5) is 15.6. The number of nitrogens with zero attached hydrogens (tertiary/aromatic N) is 1. The molecule has 5 nitrogen and oxygen atoms in total. The largest absolute Gasteiger partial charge is 0.465 e. The Morgan fingerprint density at radius 3 is 2.88 bits per heavy atom. The van der Waals surface area contributed by atoms with Gasteiger partial charge in [-0.1, -0.05) is 0 Å². The standard InChI is InChI=1S/C11H17N3O2/c1-11(2,7-12)14-9-8(10(15)16-3)5-4-6-13-9/h4-6H,7,12H2,1-3H3,(H,13,14). The molecule has 16 heavy (non-hydrogen) atoms. The number of ether oxygens (including phenoxy) is 1. The van der Waals surface area contributed by atoms with Gasteiger partial charge in [-0.25, -0.2) is 9.78 Å². The molecule has 0 bridgehead atoms. The Labute approximate surface area is 95.0 Å². The van der Waals surface area contributed by atoms with E-state index in [0.29, 0.717) is 17.9 Å². The predicted molar refractivity (Wildman–Crippen MR) is 62.3 cm³/mol. The van der Waals surface area contributed by atoms with Crippen LogP contribution < -0.4 is 11.1 Å². The van der Waals surface area contributed by atoms with E-state index in [4.69, 9.17) is 5.73 Å². The van der Waals surface area contributed by atoms with Gasteiger partial charge >= 0.3 is 5.97 Å². The number of anilines is 1. The van der Waals surface area contributed by atoms with Crippen LogP contribution in [-0.4, -0.2) is 30.1 Å². The molecule has 0 radical (unpaired) electrons. The zero-order valence-corrected chi connectivity index (χ0v) is 9.78. The Bertz CT molecular complexity index is 377. The molecule has 0 fully saturated rings. The molecule has 0 saturated carbocycles. The molecule has 1 heterocycles. The van der Waals surface area contributed by atoms with Crippen molar-refractivity contribution in [1.82, 2.24) is 4.98 Å². The first-order valence-corrected chi connectivity index (χ1v) is 5.02. The van der Waals surface area contributed by atoms with Gasteiger partial charge in [-0.3, -0.25) is 0 Å². The van der Waals surface area contributed by atoms with Crippen molar-refractivity contribution in [1.29, 1.82) is 0 Å². The lowest BCUT2D eigenvalue weighted by atomic mass is 10.1. The summed E-state index contributed by atoms with van der Waals surface area (Å²) in [6.45, 7) is 4.30. The Hall–Kier alpha value is -1.62. The first kappa shape index (κ1) is 12.4. The Balaban J connectivity index is 3.00. The highest BCUT2D eigenvalue weighted by atomic mass is 16.5. The molecule has 0 atom stereocenters. The molecule has 0 aromatic carbocycles. The van der Waals surface area contributed by atoms with Crippen LogP contribution in [0.3, 0.4) is 0 Å². The van der Waals surface area contributed by atoms with E-state index in [0.717, 1.165) is 0 Å². The number of pyridine rings is 1. The monoisotopic (exact) mass is 223 g/mol. The van der Waals surface area contributed by atoms with E-state index < -0.39 is 5.97 Å². The van der Waals surface area contributed by atoms with Crippen molar-refractivity contribution in [2.24, 2.45) is 5.73 Å². The summed E-state index contributed by atoms with van der Waals surface area (Å²) < 4.78 is 4.67. The quantitative estimate of drug-likeness (QED) is 0.745. The van der Waals surface area contributed by atoms with Crippen LogP contribution in [0.4, 0.5) is 5.82 Å². The second-order valence-electron chi connectivity index (χ2n) is 4.10. The lowest BCUT2D eigenvalue weighted by Crippen LogP contribution is -2.40. The van der Waals surface area contributed by atoms with E-state index in [1.54, 1.807) is 18.3 Å². The number of hydrogen-bond donors (Lipinski definition) is 2. The van der Waals surface area contributed by atoms with E-state index in [-0.39, 0.29) is 5.54 Å². The maximum absolute atomic E-state index is 11.5. The fourth-order valence-electron chi connectivity index (χ4n) is 1.15. The second-order valence-corrected chi connectivity index (χ2v) is 4.10. The van der Waals surface area contributed by atoms with Crippen molar-refractivity contribution in [3.8, 4) is 0 Å². The summed E-state index contributed by atoms with van der Waals surface area (Å²) in [7, 11) is 1.34. The Kier molecular flexibility index (Phi) is 3.84. The van der Waals surface area contributed by atoms with E-state index in [2.05, 4.69) is 15.0 Å². The number of methoxy groups -OCH3 is 1. The summed E-state index contributed by atoms with van der Waals surface area (Å²) in [5, 5.41) is 3.11. The van der Waals surface area contributed by atoms with Gasteiger partial charge in [-0.2, -0.15) is 0 Å². The van der Waals surface area contributed by atoms with Crippen LogP contribution in [0.25, 0.3) is 0 Å². The molecule has 0 aliphatic carbocycles. The van der Waals surface area contributed by atoms with Gasteiger partial charge in [0, 0.05) is 18.3 Å². The topological polar surface area (TPSA) is 77.2 Å². The molecule has 0 saturated heterocycles. The van der Waals surface area contributed by atoms with Gasteiger partial charge in [-0.05, 0) is 26.0 Å². The zero-order valence-electron chi connectivity index (χ0n) is 9.78. The molecule has 0 unspecified atom stereocenters. The minimum Gasteiger partial charge on any atom is -0.465 e. The van der Waals surface area contributed by atoms with Crippen LogP contribution in [0.2, 0.25) is 0 Å². The fraction of sp³-hybridized carbons (Fsp3) is 0.455. The third-order valence-electron chi connectivity index (χ3n) is 2.18. The van der Waals surface area contributed by atoms with Crippen molar-refractivity contribution in [2.75, 3.05) is 19.0 Å². The molecular formula is C11H17N3O2. The maximum atomic E-state index is 11.5. The normalized spacial score (nSPS) is 11.0. The molecule has 0 aliphatic heterocycles. The van der Waals surface area contributed by atoms with Crippen molar-refractivity contribution >= 4 is 11.8 Å². The third kappa shape index (κ3) is 2.93. The number of esters is 1. The average Bonchev–Trinajstić information content (AvgIpc) is 2.28. The van der Waals surface area contributed by atoms with Crippen LogP contribution >= 0.6 is 0 Å². The maximum Gasteiger partial charge on any atom is 0.341 e. The molecular weight excluding hydrogens is 206 g/mol. The van der Waals surface area contributed by atoms with Gasteiger partial charge in [0.15, 0.2) is 0 Å². The molecule has 5 heteroatoms. The summed E-state index contributed by atoms with van der Waals surface area (Å²) in [5.41, 5.74) is 5.69. The van der Waals surface area contributed by atoms with Gasteiger partial charge in [0.1, 0.15) is 11.4 Å². The van der Waals surface area contributed by atoms with Gasteiger partial charge in [0.2, 0.25) is 0 Å². The van der Waals surface area contributed by atoms with Gasteiger partial charge < -0.3 is 15.8 Å². The highest BCUT2D eigenvalue weighted by molar-refractivity contribution is 5.94. The summed E-state index contributed by atoms with van der Waals surface area (Å²) in [6, 6.07) is 3.35. The predicted octanol–water partition coefficient (Wildman–Crippen LogP) is 1.02. The van der Waals surface area contributed by atoms with E-state index >= 15 is 0 Å². The van der Waals surface area contributed by atoms with Crippen LogP contribution in [0.1, 0.15) is 24.2 Å². The smallest absolute Gasteiger partial charge is 0.341 e. The van der Waals surface area contributed by atoms with Gasteiger partial charge in [0.25, 0.3) is 0 Å². The number of nitrogens with two attached hydrogens (primary N) is 1. The highest BCUT2D eigenvalue weighted by Crippen LogP contribution is 2.17. The molecule has 1 rings (SSSR count). The second kappa shape index (κ2) is 4.94. The zero-order chi connectivity index (χ0) is 12.2. The van der Waals surface area contributed by atoms with E-state index in [9.17, 15) is 4.79 Å². The van der Waals surface area contributed by atoms with E-state index in [1.165, 1.54) is 7.11 Å². The Morgan fingerprint density at radius 2 is 2.31 bits per heavy atom. The molecule has 88 valence electrons. The molecule has 1 aromatic heterocycles. The van der Waals surface area contributed by atoms with Crippen LogP contribution in [-0.2, 0) is 4.74 Å². The summed E-state index contributed by atoms with van der Waals surface area (Å²) in [5.74, 6) is 0.0771.